The Morgan fingerprint density at radius 2 is 1.70 bits per heavy atom. The van der Waals surface area contributed by atoms with E-state index in [1.54, 1.807) is 49.4 Å². The smallest absolute Gasteiger partial charge is 0.259 e. The van der Waals surface area contributed by atoms with E-state index in [2.05, 4.69) is 10.6 Å². The highest BCUT2D eigenvalue weighted by atomic mass is 16.5. The molecule has 1 amide bonds. The molecule has 0 aliphatic carbocycles. The van der Waals surface area contributed by atoms with Crippen LogP contribution in [-0.2, 0) is 0 Å². The van der Waals surface area contributed by atoms with Crippen LogP contribution in [0.5, 0.6) is 11.5 Å². The van der Waals surface area contributed by atoms with E-state index in [1.807, 2.05) is 26.8 Å². The van der Waals surface area contributed by atoms with Gasteiger partial charge in [0.2, 0.25) is 0 Å². The molecule has 0 bridgehead atoms. The summed E-state index contributed by atoms with van der Waals surface area (Å²) in [4.78, 5) is 12.4. The average Bonchev–Trinajstić information content (AvgIpc) is 2.61. The third kappa shape index (κ3) is 6.27. The van der Waals surface area contributed by atoms with Crippen LogP contribution < -0.4 is 20.1 Å². The monoisotopic (exact) mass is 372 g/mol. The molecule has 0 saturated carbocycles. The zero-order valence-corrected chi connectivity index (χ0v) is 16.4. The number of para-hydroxylation sites is 1. The number of hydrogen-bond acceptors (Lipinski definition) is 5. The Bertz CT molecular complexity index is 752. The SMILES string of the molecule is COc1ccccc1C(=O)Nc1ccc(OC(NC(C)(C)C)C(C)O)cc1. The highest BCUT2D eigenvalue weighted by molar-refractivity contribution is 6.06. The molecule has 27 heavy (non-hydrogen) atoms. The van der Waals surface area contributed by atoms with Crippen molar-refractivity contribution in [1.29, 1.82) is 0 Å². The molecule has 0 aliphatic rings. The van der Waals surface area contributed by atoms with Crippen LogP contribution in [0, 0.1) is 0 Å². The van der Waals surface area contributed by atoms with Crippen LogP contribution >= 0.6 is 0 Å². The van der Waals surface area contributed by atoms with Crippen molar-refractivity contribution < 1.29 is 19.4 Å². The molecule has 0 aromatic heterocycles. The third-order valence-electron chi connectivity index (χ3n) is 3.74. The Hall–Kier alpha value is -2.57. The van der Waals surface area contributed by atoms with Gasteiger partial charge in [0.05, 0.1) is 12.7 Å². The number of aliphatic hydroxyl groups excluding tert-OH is 1. The largest absolute Gasteiger partial charge is 0.496 e. The topological polar surface area (TPSA) is 79.8 Å². The van der Waals surface area contributed by atoms with Gasteiger partial charge in [0.25, 0.3) is 5.91 Å². The van der Waals surface area contributed by atoms with Crippen LogP contribution in [0.4, 0.5) is 5.69 Å². The van der Waals surface area contributed by atoms with Crippen molar-refractivity contribution in [3.63, 3.8) is 0 Å². The van der Waals surface area contributed by atoms with Gasteiger partial charge in [-0.3, -0.25) is 10.1 Å². The summed E-state index contributed by atoms with van der Waals surface area (Å²) in [6.07, 6.45) is -1.23. The number of ether oxygens (including phenoxy) is 2. The lowest BCUT2D eigenvalue weighted by molar-refractivity contribution is 0.0113. The number of amides is 1. The summed E-state index contributed by atoms with van der Waals surface area (Å²) in [6.45, 7) is 7.68. The first-order valence-corrected chi connectivity index (χ1v) is 8.86. The minimum absolute atomic E-state index is 0.204. The van der Waals surface area contributed by atoms with Gasteiger partial charge in [0.1, 0.15) is 17.6 Å². The Kier molecular flexibility index (Phi) is 6.82. The van der Waals surface area contributed by atoms with Crippen LogP contribution in [-0.4, -0.2) is 36.0 Å². The summed E-state index contributed by atoms with van der Waals surface area (Å²) < 4.78 is 11.1. The van der Waals surface area contributed by atoms with Gasteiger partial charge in [-0.25, -0.2) is 0 Å². The van der Waals surface area contributed by atoms with Gasteiger partial charge in [-0.15, -0.1) is 0 Å². The number of benzene rings is 2. The first kappa shape index (κ1) is 20.7. The van der Waals surface area contributed by atoms with Gasteiger partial charge in [-0.05, 0) is 64.1 Å². The summed E-state index contributed by atoms with van der Waals surface area (Å²) in [5.41, 5.74) is 0.893. The number of aliphatic hydroxyl groups is 1. The predicted molar refractivity (Wildman–Crippen MR) is 106 cm³/mol. The lowest BCUT2D eigenvalue weighted by atomic mass is 10.1. The quantitative estimate of drug-likeness (QED) is 0.649. The van der Waals surface area contributed by atoms with E-state index >= 15 is 0 Å². The molecule has 0 fully saturated rings. The minimum atomic E-state index is -0.686. The fraction of sp³-hybridized carbons (Fsp3) is 0.381. The molecule has 0 radical (unpaired) electrons. The molecular weight excluding hydrogens is 344 g/mol. The molecule has 0 saturated heterocycles. The van der Waals surface area contributed by atoms with E-state index in [4.69, 9.17) is 9.47 Å². The van der Waals surface area contributed by atoms with Crippen molar-refractivity contribution in [2.24, 2.45) is 0 Å². The Balaban J connectivity index is 2.05. The highest BCUT2D eigenvalue weighted by Gasteiger charge is 2.22. The van der Waals surface area contributed by atoms with Gasteiger partial charge in [-0.2, -0.15) is 0 Å². The summed E-state index contributed by atoms with van der Waals surface area (Å²) in [7, 11) is 1.53. The number of hydrogen-bond donors (Lipinski definition) is 3. The summed E-state index contributed by atoms with van der Waals surface area (Å²) >= 11 is 0. The number of carbonyl (C=O) groups is 1. The molecule has 146 valence electrons. The Morgan fingerprint density at radius 3 is 2.26 bits per heavy atom. The third-order valence-corrected chi connectivity index (χ3v) is 3.74. The van der Waals surface area contributed by atoms with Crippen LogP contribution in [0.1, 0.15) is 38.1 Å². The maximum atomic E-state index is 12.4. The van der Waals surface area contributed by atoms with Gasteiger partial charge in [0, 0.05) is 11.2 Å². The van der Waals surface area contributed by atoms with Gasteiger partial charge >= 0.3 is 0 Å². The number of nitrogens with one attached hydrogen (secondary N) is 2. The molecule has 0 spiro atoms. The lowest BCUT2D eigenvalue weighted by Crippen LogP contribution is -2.51. The second-order valence-electron chi connectivity index (χ2n) is 7.35. The fourth-order valence-corrected chi connectivity index (χ4v) is 2.47. The summed E-state index contributed by atoms with van der Waals surface area (Å²) in [5, 5.41) is 16.0. The van der Waals surface area contributed by atoms with Crippen LogP contribution in [0.3, 0.4) is 0 Å². The molecule has 6 heteroatoms. The molecular formula is C21H28N2O4. The second-order valence-corrected chi connectivity index (χ2v) is 7.35. The molecule has 0 aliphatic heterocycles. The number of methoxy groups -OCH3 is 1. The number of carbonyl (C=O) groups excluding carboxylic acids is 1. The van der Waals surface area contributed by atoms with E-state index in [-0.39, 0.29) is 11.4 Å². The van der Waals surface area contributed by atoms with E-state index in [0.717, 1.165) is 0 Å². The van der Waals surface area contributed by atoms with Crippen LogP contribution in [0.15, 0.2) is 48.5 Å². The Labute approximate surface area is 160 Å². The average molecular weight is 372 g/mol. The molecule has 2 rings (SSSR count). The van der Waals surface area contributed by atoms with E-state index in [9.17, 15) is 9.90 Å². The lowest BCUT2D eigenvalue weighted by Gasteiger charge is -2.30. The fourth-order valence-electron chi connectivity index (χ4n) is 2.47. The maximum Gasteiger partial charge on any atom is 0.259 e. The molecule has 2 unspecified atom stereocenters. The van der Waals surface area contributed by atoms with Crippen molar-refractivity contribution in [2.45, 2.75) is 45.6 Å². The first-order valence-electron chi connectivity index (χ1n) is 8.86. The van der Waals surface area contributed by atoms with Crippen LogP contribution in [0.2, 0.25) is 0 Å². The van der Waals surface area contributed by atoms with Crippen molar-refractivity contribution in [3.8, 4) is 11.5 Å². The zero-order valence-electron chi connectivity index (χ0n) is 16.4. The predicted octanol–water partition coefficient (Wildman–Crippen LogP) is 3.42. The molecule has 3 N–H and O–H groups in total. The molecule has 2 atom stereocenters. The van der Waals surface area contributed by atoms with Crippen molar-refractivity contribution in [1.82, 2.24) is 5.32 Å². The van der Waals surface area contributed by atoms with E-state index in [1.165, 1.54) is 7.11 Å². The summed E-state index contributed by atoms with van der Waals surface area (Å²) in [6, 6.07) is 14.0. The van der Waals surface area contributed by atoms with Crippen molar-refractivity contribution in [3.05, 3.63) is 54.1 Å². The number of anilines is 1. The van der Waals surface area contributed by atoms with E-state index in [0.29, 0.717) is 22.7 Å². The highest BCUT2D eigenvalue weighted by Crippen LogP contribution is 2.21. The minimum Gasteiger partial charge on any atom is -0.496 e. The zero-order chi connectivity index (χ0) is 20.0. The maximum absolute atomic E-state index is 12.4. The van der Waals surface area contributed by atoms with Gasteiger partial charge in [0.15, 0.2) is 6.23 Å². The normalized spacial score (nSPS) is 13.6. The van der Waals surface area contributed by atoms with Gasteiger partial charge < -0.3 is 19.9 Å². The van der Waals surface area contributed by atoms with E-state index < -0.39 is 12.3 Å². The first-order chi connectivity index (χ1) is 12.7. The number of rotatable bonds is 7. The van der Waals surface area contributed by atoms with Crippen molar-refractivity contribution in [2.75, 3.05) is 12.4 Å². The molecule has 6 nitrogen and oxygen atoms in total. The molecule has 2 aromatic carbocycles. The molecule has 2 aromatic rings. The van der Waals surface area contributed by atoms with Crippen molar-refractivity contribution >= 4 is 11.6 Å². The second kappa shape index (κ2) is 8.88. The van der Waals surface area contributed by atoms with Crippen LogP contribution in [0.25, 0.3) is 0 Å². The Morgan fingerprint density at radius 1 is 1.07 bits per heavy atom. The molecule has 0 heterocycles. The van der Waals surface area contributed by atoms with Gasteiger partial charge in [-0.1, -0.05) is 12.1 Å². The standard InChI is InChI=1S/C21H28N2O4/c1-14(24)20(23-21(2,3)4)27-16-12-10-15(11-13-16)22-19(25)17-8-6-7-9-18(17)26-5/h6-14,20,23-24H,1-5H3,(H,22,25). The summed E-state index contributed by atoms with van der Waals surface area (Å²) in [5.74, 6) is 0.855.